The minimum Gasteiger partial charge on any atom is -0.366 e. The molecular weight excluding hydrogens is 341 g/mol. The van der Waals surface area contributed by atoms with Gasteiger partial charge in [-0.2, -0.15) is 0 Å². The highest BCUT2D eigenvalue weighted by molar-refractivity contribution is 14.1. The molecule has 0 saturated carbocycles. The topological polar surface area (TPSA) is 57.1 Å². The Labute approximate surface area is 113 Å². The number of thioether (sulfide) groups is 1. The molecule has 0 fully saturated rings. The zero-order valence-electron chi connectivity index (χ0n) is 9.31. The van der Waals surface area contributed by atoms with E-state index in [0.29, 0.717) is 5.37 Å². The Hall–Kier alpha value is 0.01000. The van der Waals surface area contributed by atoms with Crippen LogP contribution in [0.5, 0.6) is 0 Å². The number of methoxy groups -OCH3 is 1. The van der Waals surface area contributed by atoms with Crippen LogP contribution >= 0.6 is 34.4 Å². The molecule has 1 aliphatic heterocycles. The number of nitrogens with one attached hydrogen (secondary N) is 1. The van der Waals surface area contributed by atoms with Gasteiger partial charge >= 0.3 is 0 Å². The smallest absolute Gasteiger partial charge is 0.237 e. The first-order valence-corrected chi connectivity index (χ1v) is 6.75. The molecule has 1 rings (SSSR count). The maximum Gasteiger partial charge on any atom is 0.237 e. The lowest BCUT2D eigenvalue weighted by Gasteiger charge is -2.24. The van der Waals surface area contributed by atoms with Gasteiger partial charge in [0, 0.05) is 20.7 Å². The van der Waals surface area contributed by atoms with E-state index in [1.807, 2.05) is 0 Å². The van der Waals surface area contributed by atoms with Gasteiger partial charge in [0.15, 0.2) is 0 Å². The Morgan fingerprint density at radius 2 is 2.50 bits per heavy atom. The lowest BCUT2D eigenvalue weighted by atomic mass is 10.4. The highest BCUT2D eigenvalue weighted by atomic mass is 127. The number of aliphatic hydroxyl groups is 1. The quantitative estimate of drug-likeness (QED) is 0.323. The number of rotatable bonds is 6. The van der Waals surface area contributed by atoms with E-state index in [2.05, 4.69) is 39.6 Å². The van der Waals surface area contributed by atoms with Crippen LogP contribution in [0.25, 0.3) is 0 Å². The van der Waals surface area contributed by atoms with Gasteiger partial charge in [-0.05, 0) is 35.7 Å². The molecule has 16 heavy (non-hydrogen) atoms. The highest BCUT2D eigenvalue weighted by Crippen LogP contribution is 2.37. The van der Waals surface area contributed by atoms with E-state index in [9.17, 15) is 5.11 Å². The summed E-state index contributed by atoms with van der Waals surface area (Å²) >= 11 is 3.89. The second-order valence-corrected chi connectivity index (χ2v) is 5.55. The van der Waals surface area contributed by atoms with Crippen LogP contribution in [0.3, 0.4) is 0 Å². The fourth-order valence-electron chi connectivity index (χ4n) is 1.26. The molecule has 2 N–H and O–H groups in total. The summed E-state index contributed by atoms with van der Waals surface area (Å²) in [6, 6.07) is 0. The Balaban J connectivity index is 2.54. The average Bonchev–Trinajstić information content (AvgIpc) is 2.65. The molecule has 0 aromatic heterocycles. The van der Waals surface area contributed by atoms with Crippen molar-refractivity contribution in [3.05, 3.63) is 8.73 Å². The Bertz CT molecular complexity index is 288. The van der Waals surface area contributed by atoms with Crippen LogP contribution in [0, 0.1) is 0 Å². The maximum atomic E-state index is 9.56. The predicted molar refractivity (Wildman–Crippen MR) is 75.4 cm³/mol. The van der Waals surface area contributed by atoms with Gasteiger partial charge in [0.2, 0.25) is 6.41 Å². The number of hydrogen-bond donors (Lipinski definition) is 2. The number of aliphatic imine (C=N–C) groups is 1. The molecule has 0 aliphatic carbocycles. The second-order valence-electron chi connectivity index (χ2n) is 3.28. The third-order valence-corrected chi connectivity index (χ3v) is 4.68. The van der Waals surface area contributed by atoms with Crippen molar-refractivity contribution >= 4 is 41.1 Å². The van der Waals surface area contributed by atoms with E-state index in [-0.39, 0.29) is 0 Å². The second kappa shape index (κ2) is 6.67. The Morgan fingerprint density at radius 1 is 1.81 bits per heavy atom. The van der Waals surface area contributed by atoms with Crippen molar-refractivity contribution in [2.75, 3.05) is 20.7 Å². The third-order valence-electron chi connectivity index (χ3n) is 2.14. The molecule has 0 amide bonds. The summed E-state index contributed by atoms with van der Waals surface area (Å²) < 4.78 is 5.89. The predicted octanol–water partition coefficient (Wildman–Crippen LogP) is 1.16. The van der Waals surface area contributed by atoms with Gasteiger partial charge in [0.1, 0.15) is 8.73 Å². The Morgan fingerprint density at radius 3 is 3.06 bits per heavy atom. The summed E-state index contributed by atoms with van der Waals surface area (Å²) in [4.78, 5) is 5.53. The first-order valence-electron chi connectivity index (χ1n) is 4.79. The van der Waals surface area contributed by atoms with Crippen molar-refractivity contribution in [3.63, 3.8) is 0 Å². The number of ether oxygens (including phenoxy) is 1. The van der Waals surface area contributed by atoms with Gasteiger partial charge in [-0.3, -0.25) is 0 Å². The van der Waals surface area contributed by atoms with E-state index in [0.717, 1.165) is 21.7 Å². The van der Waals surface area contributed by atoms with E-state index < -0.39 is 6.41 Å². The number of aliphatic hydroxyl groups excluding tert-OH is 1. The van der Waals surface area contributed by atoms with Crippen LogP contribution in [0.2, 0.25) is 0 Å². The van der Waals surface area contributed by atoms with Crippen molar-refractivity contribution in [2.24, 2.45) is 4.99 Å². The molecule has 7 heteroatoms. The summed E-state index contributed by atoms with van der Waals surface area (Å²) in [7, 11) is 3.27. The summed E-state index contributed by atoms with van der Waals surface area (Å²) in [6.45, 7) is 4.20. The molecule has 5 nitrogen and oxygen atoms in total. The van der Waals surface area contributed by atoms with E-state index in [1.54, 1.807) is 23.7 Å². The Kier molecular flexibility index (Phi) is 5.87. The molecule has 0 aromatic carbocycles. The van der Waals surface area contributed by atoms with Gasteiger partial charge in [0.25, 0.3) is 0 Å². The van der Waals surface area contributed by atoms with Crippen LogP contribution in [0.1, 0.15) is 6.42 Å². The summed E-state index contributed by atoms with van der Waals surface area (Å²) in [6.07, 6.45) is 0.00603. The van der Waals surface area contributed by atoms with E-state index in [4.69, 9.17) is 4.74 Å². The molecule has 2 atom stereocenters. The first kappa shape index (κ1) is 14.1. The van der Waals surface area contributed by atoms with Gasteiger partial charge in [-0.15, -0.1) is 0 Å². The SMILES string of the molecule is C=NCCC1NC(I)=C(N(C)C(O)OC)S1. The molecule has 1 aliphatic rings. The minimum atomic E-state index is -0.912. The van der Waals surface area contributed by atoms with Gasteiger partial charge in [0.05, 0.1) is 5.37 Å². The minimum absolute atomic E-state index is 0.291. The van der Waals surface area contributed by atoms with Crippen molar-refractivity contribution in [2.45, 2.75) is 18.2 Å². The van der Waals surface area contributed by atoms with Crippen LogP contribution in [0.4, 0.5) is 0 Å². The van der Waals surface area contributed by atoms with Crippen molar-refractivity contribution in [1.82, 2.24) is 10.2 Å². The van der Waals surface area contributed by atoms with Crippen molar-refractivity contribution < 1.29 is 9.84 Å². The van der Waals surface area contributed by atoms with Crippen LogP contribution < -0.4 is 5.32 Å². The van der Waals surface area contributed by atoms with Crippen molar-refractivity contribution in [3.8, 4) is 0 Å². The van der Waals surface area contributed by atoms with Gasteiger partial charge in [-0.25, -0.2) is 0 Å². The number of halogens is 1. The number of hydrogen-bond acceptors (Lipinski definition) is 6. The monoisotopic (exact) mass is 357 g/mol. The van der Waals surface area contributed by atoms with Crippen LogP contribution in [-0.2, 0) is 4.74 Å². The zero-order chi connectivity index (χ0) is 12.1. The van der Waals surface area contributed by atoms with Gasteiger partial charge < -0.3 is 25.1 Å². The molecule has 2 unspecified atom stereocenters. The summed E-state index contributed by atoms with van der Waals surface area (Å²) in [5.41, 5.74) is 0. The fourth-order valence-corrected chi connectivity index (χ4v) is 3.69. The molecule has 0 radical (unpaired) electrons. The van der Waals surface area contributed by atoms with Crippen LogP contribution in [-0.4, -0.2) is 49.2 Å². The number of nitrogens with zero attached hydrogens (tertiary/aromatic N) is 2. The summed E-state index contributed by atoms with van der Waals surface area (Å²) in [5.74, 6) is 0. The molecule has 0 saturated heterocycles. The third kappa shape index (κ3) is 3.51. The molecule has 0 spiro atoms. The van der Waals surface area contributed by atoms with Gasteiger partial charge in [-0.1, -0.05) is 11.8 Å². The highest BCUT2D eigenvalue weighted by Gasteiger charge is 2.27. The average molecular weight is 357 g/mol. The lowest BCUT2D eigenvalue weighted by Crippen LogP contribution is -2.31. The van der Waals surface area contributed by atoms with Crippen LogP contribution in [0.15, 0.2) is 13.7 Å². The molecule has 0 aromatic rings. The maximum absolute atomic E-state index is 9.56. The molecule has 1 heterocycles. The standard InChI is InChI=1S/C9H16IN3O2S/c1-11-5-4-6-12-7(10)8(16-6)13(2)9(14)15-3/h6,9,12,14H,1,4-5H2,2-3H3. The van der Waals surface area contributed by atoms with E-state index in [1.165, 1.54) is 7.11 Å². The molecule has 0 bridgehead atoms. The fraction of sp³-hybridized carbons (Fsp3) is 0.667. The van der Waals surface area contributed by atoms with E-state index >= 15 is 0 Å². The summed E-state index contributed by atoms with van der Waals surface area (Å²) in [5, 5.41) is 14.2. The normalized spacial score (nSPS) is 21.9. The first-order chi connectivity index (χ1) is 7.60. The largest absolute Gasteiger partial charge is 0.366 e. The molecule has 92 valence electrons. The zero-order valence-corrected chi connectivity index (χ0v) is 12.3. The molecular formula is C9H16IN3O2S. The lowest BCUT2D eigenvalue weighted by molar-refractivity contribution is -0.151. The van der Waals surface area contributed by atoms with Crippen molar-refractivity contribution in [1.29, 1.82) is 0 Å².